The zero-order valence-corrected chi connectivity index (χ0v) is 13.1. The summed E-state index contributed by atoms with van der Waals surface area (Å²) in [6.45, 7) is 0. The molecule has 1 amide bonds. The monoisotopic (exact) mass is 322 g/mol. The van der Waals surface area contributed by atoms with Crippen LogP contribution in [0.25, 0.3) is 0 Å². The summed E-state index contributed by atoms with van der Waals surface area (Å²) < 4.78 is 4.64. The number of hydrogen-bond acceptors (Lipinski definition) is 4. The van der Waals surface area contributed by atoms with Crippen molar-refractivity contribution in [3.05, 3.63) is 28.8 Å². The number of ether oxygens (including phenoxy) is 1. The number of amides is 1. The molecule has 0 aromatic heterocycles. The number of nitrogens with one attached hydrogen (secondary N) is 1. The van der Waals surface area contributed by atoms with Gasteiger partial charge in [0.25, 0.3) is 0 Å². The first-order chi connectivity index (χ1) is 10.5. The molecular formula is C16H19ClN2O3. The number of esters is 1. The highest BCUT2D eigenvalue weighted by Gasteiger charge is 2.49. The Morgan fingerprint density at radius 1 is 1.32 bits per heavy atom. The highest BCUT2D eigenvalue weighted by Crippen LogP contribution is 2.47. The van der Waals surface area contributed by atoms with Gasteiger partial charge in [0.05, 0.1) is 23.6 Å². The molecule has 0 spiro atoms. The molecule has 0 radical (unpaired) electrons. The van der Waals surface area contributed by atoms with E-state index in [1.807, 2.05) is 0 Å². The fourth-order valence-electron chi connectivity index (χ4n) is 3.82. The van der Waals surface area contributed by atoms with Crippen molar-refractivity contribution in [1.82, 2.24) is 0 Å². The van der Waals surface area contributed by atoms with Crippen molar-refractivity contribution < 1.29 is 14.3 Å². The van der Waals surface area contributed by atoms with Crippen LogP contribution in [-0.4, -0.2) is 25.0 Å². The number of hydrogen-bond donors (Lipinski definition) is 2. The average Bonchev–Trinajstić information content (AvgIpc) is 3.07. The minimum absolute atomic E-state index is 0.0523. The second-order valence-electron chi connectivity index (χ2n) is 6.11. The molecule has 2 saturated carbocycles. The van der Waals surface area contributed by atoms with Crippen LogP contribution in [0.15, 0.2) is 18.2 Å². The van der Waals surface area contributed by atoms with Crippen LogP contribution in [0.5, 0.6) is 0 Å². The van der Waals surface area contributed by atoms with E-state index in [-0.39, 0.29) is 28.5 Å². The lowest BCUT2D eigenvalue weighted by atomic mass is 9.84. The summed E-state index contributed by atoms with van der Waals surface area (Å²) in [6.07, 6.45) is 3.27. The number of benzene rings is 1. The van der Waals surface area contributed by atoms with E-state index in [9.17, 15) is 9.59 Å². The molecule has 4 atom stereocenters. The van der Waals surface area contributed by atoms with Gasteiger partial charge in [0.2, 0.25) is 5.91 Å². The Bertz CT molecular complexity index is 617. The van der Waals surface area contributed by atoms with Crippen LogP contribution >= 0.6 is 11.6 Å². The summed E-state index contributed by atoms with van der Waals surface area (Å²) in [7, 11) is 1.30. The first-order valence-corrected chi connectivity index (χ1v) is 7.83. The van der Waals surface area contributed by atoms with E-state index < -0.39 is 5.97 Å². The third-order valence-corrected chi connectivity index (χ3v) is 5.24. The van der Waals surface area contributed by atoms with E-state index in [2.05, 4.69) is 10.1 Å². The van der Waals surface area contributed by atoms with E-state index in [0.29, 0.717) is 17.5 Å². The molecule has 6 heteroatoms. The van der Waals surface area contributed by atoms with Gasteiger partial charge in [-0.05, 0) is 49.3 Å². The number of methoxy groups -OCH3 is 1. The van der Waals surface area contributed by atoms with Crippen LogP contribution in [0.2, 0.25) is 5.02 Å². The van der Waals surface area contributed by atoms with Gasteiger partial charge in [0.1, 0.15) is 0 Å². The van der Waals surface area contributed by atoms with Crippen molar-refractivity contribution in [2.24, 2.45) is 23.5 Å². The van der Waals surface area contributed by atoms with E-state index >= 15 is 0 Å². The predicted molar refractivity (Wildman–Crippen MR) is 83.7 cm³/mol. The van der Waals surface area contributed by atoms with Gasteiger partial charge in [-0.25, -0.2) is 4.79 Å². The Balaban J connectivity index is 1.72. The van der Waals surface area contributed by atoms with Crippen LogP contribution in [0, 0.1) is 17.8 Å². The van der Waals surface area contributed by atoms with Crippen LogP contribution in [-0.2, 0) is 9.53 Å². The quantitative estimate of drug-likeness (QED) is 0.837. The summed E-state index contributed by atoms with van der Waals surface area (Å²) in [5.41, 5.74) is 7.03. The van der Waals surface area contributed by atoms with Crippen molar-refractivity contribution in [1.29, 1.82) is 0 Å². The number of anilines is 1. The number of rotatable bonds is 3. The lowest BCUT2D eigenvalue weighted by Gasteiger charge is -2.27. The summed E-state index contributed by atoms with van der Waals surface area (Å²) in [5, 5.41) is 3.12. The van der Waals surface area contributed by atoms with Crippen molar-refractivity contribution in [2.75, 3.05) is 12.4 Å². The number of carbonyl (C=O) groups is 2. The van der Waals surface area contributed by atoms with Crippen molar-refractivity contribution in [3.63, 3.8) is 0 Å². The normalized spacial score (nSPS) is 29.4. The number of carbonyl (C=O) groups excluding carboxylic acids is 2. The Morgan fingerprint density at radius 2 is 2.05 bits per heavy atom. The Morgan fingerprint density at radius 3 is 2.64 bits per heavy atom. The third-order valence-electron chi connectivity index (χ3n) is 4.93. The third kappa shape index (κ3) is 2.59. The van der Waals surface area contributed by atoms with E-state index in [4.69, 9.17) is 17.3 Å². The van der Waals surface area contributed by atoms with Gasteiger partial charge < -0.3 is 15.8 Å². The molecule has 2 aliphatic rings. The van der Waals surface area contributed by atoms with Crippen LogP contribution in [0.4, 0.5) is 5.69 Å². The molecule has 4 unspecified atom stereocenters. The minimum atomic E-state index is -0.502. The summed E-state index contributed by atoms with van der Waals surface area (Å²) >= 11 is 6.06. The molecule has 2 aliphatic carbocycles. The van der Waals surface area contributed by atoms with E-state index in [1.54, 1.807) is 18.2 Å². The Kier molecular flexibility index (Phi) is 4.10. The fourth-order valence-corrected chi connectivity index (χ4v) is 4.08. The first-order valence-electron chi connectivity index (χ1n) is 7.45. The highest BCUT2D eigenvalue weighted by molar-refractivity contribution is 6.34. The summed E-state index contributed by atoms with van der Waals surface area (Å²) in [4.78, 5) is 24.0. The van der Waals surface area contributed by atoms with E-state index in [1.165, 1.54) is 7.11 Å². The molecule has 118 valence electrons. The molecule has 1 aromatic carbocycles. The maximum Gasteiger partial charge on any atom is 0.339 e. The molecule has 0 aliphatic heterocycles. The molecule has 5 nitrogen and oxygen atoms in total. The van der Waals surface area contributed by atoms with Crippen LogP contribution < -0.4 is 11.1 Å². The predicted octanol–water partition coefficient (Wildman–Crippen LogP) is 2.44. The Labute approximate surface area is 134 Å². The summed E-state index contributed by atoms with van der Waals surface area (Å²) in [5.74, 6) is 0.188. The van der Waals surface area contributed by atoms with Crippen molar-refractivity contribution >= 4 is 29.2 Å². The highest BCUT2D eigenvalue weighted by atomic mass is 35.5. The first kappa shape index (κ1) is 15.3. The SMILES string of the molecule is COC(=O)c1ccc(NC(=O)C2C3CCC(C3)C2N)cc1Cl. The average molecular weight is 323 g/mol. The number of nitrogens with two attached hydrogens (primary N) is 1. The lowest BCUT2D eigenvalue weighted by molar-refractivity contribution is -0.121. The second-order valence-corrected chi connectivity index (χ2v) is 6.52. The van der Waals surface area contributed by atoms with Crippen LogP contribution in [0.3, 0.4) is 0 Å². The fraction of sp³-hybridized carbons (Fsp3) is 0.500. The molecule has 0 saturated heterocycles. The molecule has 2 bridgehead atoms. The number of fused-ring (bicyclic) bond motifs is 2. The molecule has 22 heavy (non-hydrogen) atoms. The van der Waals surface area contributed by atoms with E-state index in [0.717, 1.165) is 19.3 Å². The zero-order valence-electron chi connectivity index (χ0n) is 12.3. The van der Waals surface area contributed by atoms with Gasteiger partial charge in [-0.1, -0.05) is 11.6 Å². The lowest BCUT2D eigenvalue weighted by Crippen LogP contribution is -2.42. The van der Waals surface area contributed by atoms with Crippen molar-refractivity contribution in [3.8, 4) is 0 Å². The molecule has 2 fully saturated rings. The van der Waals surface area contributed by atoms with Gasteiger partial charge >= 0.3 is 5.97 Å². The number of halogens is 1. The Hall–Kier alpha value is -1.59. The van der Waals surface area contributed by atoms with Crippen LogP contribution in [0.1, 0.15) is 29.6 Å². The smallest absolute Gasteiger partial charge is 0.339 e. The standard InChI is InChI=1S/C16H19ClN2O3/c1-22-16(21)11-5-4-10(7-12(11)17)19-15(20)13-8-2-3-9(6-8)14(13)18/h4-5,7-9,13-14H,2-3,6,18H2,1H3,(H,19,20). The molecule has 1 aromatic rings. The van der Waals surface area contributed by atoms with Crippen molar-refractivity contribution in [2.45, 2.75) is 25.3 Å². The van der Waals surface area contributed by atoms with Gasteiger partial charge in [-0.2, -0.15) is 0 Å². The summed E-state index contributed by atoms with van der Waals surface area (Å²) in [6, 6.07) is 4.70. The van der Waals surface area contributed by atoms with Gasteiger partial charge in [0.15, 0.2) is 0 Å². The topological polar surface area (TPSA) is 81.4 Å². The molecule has 0 heterocycles. The minimum Gasteiger partial charge on any atom is -0.465 e. The van der Waals surface area contributed by atoms with Gasteiger partial charge in [-0.3, -0.25) is 4.79 Å². The van der Waals surface area contributed by atoms with Gasteiger partial charge in [-0.15, -0.1) is 0 Å². The van der Waals surface area contributed by atoms with Gasteiger partial charge in [0, 0.05) is 11.7 Å². The maximum atomic E-state index is 12.5. The molecule has 3 N–H and O–H groups in total. The zero-order chi connectivity index (χ0) is 15.9. The maximum absolute atomic E-state index is 12.5. The largest absolute Gasteiger partial charge is 0.465 e. The molecular weight excluding hydrogens is 304 g/mol. The molecule has 3 rings (SSSR count). The second kappa shape index (κ2) is 5.89.